The van der Waals surface area contributed by atoms with Crippen molar-refractivity contribution in [3.05, 3.63) is 35.4 Å². The van der Waals surface area contributed by atoms with E-state index >= 15 is 0 Å². The van der Waals surface area contributed by atoms with Gasteiger partial charge in [-0.2, -0.15) is 0 Å². The minimum absolute atomic E-state index is 0. The van der Waals surface area contributed by atoms with Crippen molar-refractivity contribution in [2.24, 2.45) is 0 Å². The molecule has 0 radical (unpaired) electrons. The minimum Gasteiger partial charge on any atom is -0.340 e. The van der Waals surface area contributed by atoms with Gasteiger partial charge in [0.2, 0.25) is 11.8 Å². The van der Waals surface area contributed by atoms with Crippen molar-refractivity contribution in [3.8, 4) is 0 Å². The molecule has 0 aromatic heterocycles. The highest BCUT2D eigenvalue weighted by atomic mass is 35.5. The monoisotopic (exact) mass is 351 g/mol. The highest BCUT2D eigenvalue weighted by Crippen LogP contribution is 2.25. The molecule has 1 aromatic rings. The first-order chi connectivity index (χ1) is 11.1. The number of carbonyl (C=O) groups excluding carboxylic acids is 3. The Morgan fingerprint density at radius 2 is 1.71 bits per heavy atom. The van der Waals surface area contributed by atoms with Crippen LogP contribution in [0.25, 0.3) is 0 Å². The number of rotatable bonds is 3. The molecule has 6 nitrogen and oxygen atoms in total. The fraction of sp³-hybridized carbons (Fsp3) is 0.471. The SMILES string of the molecule is Cl.O=C1CCC(NC(=O)c2ccc(C3CCNCC3)cc2)C(=O)N1. The van der Waals surface area contributed by atoms with Gasteiger partial charge in [-0.1, -0.05) is 12.1 Å². The Hall–Kier alpha value is -1.92. The van der Waals surface area contributed by atoms with Gasteiger partial charge in [0, 0.05) is 12.0 Å². The maximum atomic E-state index is 12.2. The maximum absolute atomic E-state index is 12.2. The van der Waals surface area contributed by atoms with Crippen molar-refractivity contribution in [3.63, 3.8) is 0 Å². The predicted molar refractivity (Wildman–Crippen MR) is 92.2 cm³/mol. The van der Waals surface area contributed by atoms with E-state index in [0.717, 1.165) is 25.9 Å². The second-order valence-corrected chi connectivity index (χ2v) is 6.12. The van der Waals surface area contributed by atoms with E-state index in [4.69, 9.17) is 0 Å². The highest BCUT2D eigenvalue weighted by Gasteiger charge is 2.28. The largest absolute Gasteiger partial charge is 0.340 e. The zero-order valence-corrected chi connectivity index (χ0v) is 14.2. The van der Waals surface area contributed by atoms with Crippen molar-refractivity contribution >= 4 is 30.1 Å². The van der Waals surface area contributed by atoms with Crippen LogP contribution in [0.3, 0.4) is 0 Å². The number of benzene rings is 1. The summed E-state index contributed by atoms with van der Waals surface area (Å²) in [5, 5.41) is 8.27. The molecular weight excluding hydrogens is 330 g/mol. The molecule has 0 spiro atoms. The molecule has 0 saturated carbocycles. The van der Waals surface area contributed by atoms with E-state index in [1.807, 2.05) is 12.1 Å². The Kier molecular flexibility index (Phi) is 6.34. The average molecular weight is 352 g/mol. The van der Waals surface area contributed by atoms with Crippen LogP contribution in [-0.4, -0.2) is 36.9 Å². The van der Waals surface area contributed by atoms with Gasteiger partial charge in [-0.15, -0.1) is 12.4 Å². The molecule has 3 rings (SSSR count). The lowest BCUT2D eigenvalue weighted by Crippen LogP contribution is -2.52. The molecule has 0 bridgehead atoms. The van der Waals surface area contributed by atoms with Crippen molar-refractivity contribution < 1.29 is 14.4 Å². The number of hydrogen-bond donors (Lipinski definition) is 3. The summed E-state index contributed by atoms with van der Waals surface area (Å²) in [5.74, 6) is -0.451. The average Bonchev–Trinajstić information content (AvgIpc) is 2.58. The van der Waals surface area contributed by atoms with Crippen LogP contribution in [0.15, 0.2) is 24.3 Å². The van der Waals surface area contributed by atoms with E-state index in [9.17, 15) is 14.4 Å². The van der Waals surface area contributed by atoms with Gasteiger partial charge in [0.25, 0.3) is 5.91 Å². The maximum Gasteiger partial charge on any atom is 0.251 e. The van der Waals surface area contributed by atoms with E-state index in [1.54, 1.807) is 12.1 Å². The van der Waals surface area contributed by atoms with Gasteiger partial charge in [-0.05, 0) is 56.0 Å². The molecule has 3 N–H and O–H groups in total. The van der Waals surface area contributed by atoms with Crippen LogP contribution in [0.1, 0.15) is 47.5 Å². The Balaban J connectivity index is 0.00000208. The van der Waals surface area contributed by atoms with Crippen molar-refractivity contribution in [2.75, 3.05) is 13.1 Å². The Labute approximate surface area is 147 Å². The number of carbonyl (C=O) groups is 3. The quantitative estimate of drug-likeness (QED) is 0.712. The summed E-state index contributed by atoms with van der Waals surface area (Å²) in [7, 11) is 0. The minimum atomic E-state index is -0.635. The number of imide groups is 1. The molecule has 0 aliphatic carbocycles. The normalized spacial score (nSPS) is 21.6. The molecule has 3 amide bonds. The molecule has 130 valence electrons. The molecule has 1 unspecified atom stereocenters. The summed E-state index contributed by atoms with van der Waals surface area (Å²) < 4.78 is 0. The second-order valence-electron chi connectivity index (χ2n) is 6.12. The third-order valence-corrected chi connectivity index (χ3v) is 4.53. The first-order valence-electron chi connectivity index (χ1n) is 8.09. The van der Waals surface area contributed by atoms with Crippen molar-refractivity contribution in [2.45, 2.75) is 37.6 Å². The smallest absolute Gasteiger partial charge is 0.251 e. The summed E-state index contributed by atoms with van der Waals surface area (Å²) in [5.41, 5.74) is 1.79. The molecule has 2 aliphatic rings. The van der Waals surface area contributed by atoms with Crippen LogP contribution in [0.2, 0.25) is 0 Å². The number of piperidine rings is 2. The third-order valence-electron chi connectivity index (χ3n) is 4.53. The molecular formula is C17H22ClN3O3. The van der Waals surface area contributed by atoms with Gasteiger partial charge in [0.15, 0.2) is 0 Å². The van der Waals surface area contributed by atoms with Crippen LogP contribution in [0, 0.1) is 0 Å². The third kappa shape index (κ3) is 4.33. The van der Waals surface area contributed by atoms with E-state index in [1.165, 1.54) is 5.56 Å². The topological polar surface area (TPSA) is 87.3 Å². The van der Waals surface area contributed by atoms with Gasteiger partial charge in [-0.25, -0.2) is 0 Å². The lowest BCUT2D eigenvalue weighted by atomic mass is 9.90. The molecule has 2 fully saturated rings. The second kappa shape index (κ2) is 8.26. The van der Waals surface area contributed by atoms with Crippen LogP contribution >= 0.6 is 12.4 Å². The molecule has 2 heterocycles. The zero-order chi connectivity index (χ0) is 16.2. The summed E-state index contributed by atoms with van der Waals surface area (Å²) in [6, 6.07) is 6.96. The summed E-state index contributed by atoms with van der Waals surface area (Å²) in [6.45, 7) is 2.06. The van der Waals surface area contributed by atoms with Crippen LogP contribution < -0.4 is 16.0 Å². The number of amides is 3. The summed E-state index contributed by atoms with van der Waals surface area (Å²) in [4.78, 5) is 35.0. The van der Waals surface area contributed by atoms with Gasteiger partial charge in [-0.3, -0.25) is 19.7 Å². The lowest BCUT2D eigenvalue weighted by Gasteiger charge is -2.23. The number of halogens is 1. The highest BCUT2D eigenvalue weighted by molar-refractivity contribution is 6.03. The van der Waals surface area contributed by atoms with Gasteiger partial charge in [0.1, 0.15) is 6.04 Å². The number of hydrogen-bond acceptors (Lipinski definition) is 4. The van der Waals surface area contributed by atoms with Gasteiger partial charge >= 0.3 is 0 Å². The predicted octanol–water partition coefficient (Wildman–Crippen LogP) is 1.11. The first-order valence-corrected chi connectivity index (χ1v) is 8.09. The fourth-order valence-electron chi connectivity index (χ4n) is 3.13. The Bertz CT molecular complexity index is 612. The number of nitrogens with one attached hydrogen (secondary N) is 3. The van der Waals surface area contributed by atoms with Crippen LogP contribution in [0.5, 0.6) is 0 Å². The van der Waals surface area contributed by atoms with Gasteiger partial charge < -0.3 is 10.6 Å². The molecule has 1 atom stereocenters. The Morgan fingerprint density at radius 3 is 2.33 bits per heavy atom. The van der Waals surface area contributed by atoms with Crippen LogP contribution in [-0.2, 0) is 9.59 Å². The molecule has 2 aliphatic heterocycles. The summed E-state index contributed by atoms with van der Waals surface area (Å²) in [6.07, 6.45) is 2.83. The molecule has 1 aromatic carbocycles. The van der Waals surface area contributed by atoms with Crippen LogP contribution in [0.4, 0.5) is 0 Å². The van der Waals surface area contributed by atoms with E-state index in [-0.39, 0.29) is 30.6 Å². The molecule has 2 saturated heterocycles. The molecule has 7 heteroatoms. The van der Waals surface area contributed by atoms with E-state index in [2.05, 4.69) is 16.0 Å². The fourth-order valence-corrected chi connectivity index (χ4v) is 3.13. The van der Waals surface area contributed by atoms with Crippen molar-refractivity contribution in [1.82, 2.24) is 16.0 Å². The zero-order valence-electron chi connectivity index (χ0n) is 13.3. The first kappa shape index (κ1) is 18.4. The standard InChI is InChI=1S/C17H21N3O3.ClH/c21-15-6-5-14(17(23)20-15)19-16(22)13-3-1-11(2-4-13)12-7-9-18-10-8-12;/h1-4,12,14,18H,5-10H2,(H,19,22)(H,20,21,23);1H. The van der Waals surface area contributed by atoms with Crippen molar-refractivity contribution in [1.29, 1.82) is 0 Å². The van der Waals surface area contributed by atoms with E-state index < -0.39 is 11.9 Å². The van der Waals surface area contributed by atoms with E-state index in [0.29, 0.717) is 17.9 Å². The Morgan fingerprint density at radius 1 is 1.04 bits per heavy atom. The lowest BCUT2D eigenvalue weighted by molar-refractivity contribution is -0.134. The summed E-state index contributed by atoms with van der Waals surface area (Å²) >= 11 is 0. The van der Waals surface area contributed by atoms with Gasteiger partial charge in [0.05, 0.1) is 0 Å². The molecule has 24 heavy (non-hydrogen) atoms.